The lowest BCUT2D eigenvalue weighted by Gasteiger charge is -2.24. The van der Waals surface area contributed by atoms with Crippen LogP contribution in [0.15, 0.2) is 36.4 Å². The highest BCUT2D eigenvalue weighted by molar-refractivity contribution is 6.10. The molecule has 1 aromatic carbocycles. The number of aliphatic carboxylic acids is 1. The first-order valence-electron chi connectivity index (χ1n) is 12.1. The number of carbonyl (C=O) groups is 4. The standard InChI is InChI=1S/C25H29N7O5/c1-14(2)17(12-16(33)7-10-23(34)35)18-8-9-19(27-18)25(37)32-20-6-4-3-5-15(20)11-21(32)24(36)26-13-22-28-30-31-29-22/h3-6,8-9,14,17,21,27H,7,10-13H2,1-2H3,(H,26,36)(H,34,35)(H,28,29,30,31)/t17-,21-/m0/s1. The molecule has 0 saturated carbocycles. The number of fused-ring (bicyclic) bond motifs is 1. The molecule has 3 heterocycles. The first kappa shape index (κ1) is 25.7. The number of hydrogen-bond donors (Lipinski definition) is 4. The Morgan fingerprint density at radius 2 is 1.92 bits per heavy atom. The molecule has 0 radical (unpaired) electrons. The third-order valence-corrected chi connectivity index (χ3v) is 6.52. The van der Waals surface area contributed by atoms with E-state index in [2.05, 4.69) is 30.9 Å². The van der Waals surface area contributed by atoms with E-state index in [0.29, 0.717) is 29.3 Å². The van der Waals surface area contributed by atoms with Crippen LogP contribution in [0.3, 0.4) is 0 Å². The van der Waals surface area contributed by atoms with Crippen molar-refractivity contribution in [3.8, 4) is 0 Å². The highest BCUT2D eigenvalue weighted by Crippen LogP contribution is 2.34. The summed E-state index contributed by atoms with van der Waals surface area (Å²) in [5.41, 5.74) is 2.55. The molecule has 0 spiro atoms. The molecule has 0 unspecified atom stereocenters. The van der Waals surface area contributed by atoms with Gasteiger partial charge in [-0.25, -0.2) is 0 Å². The van der Waals surface area contributed by atoms with E-state index in [0.717, 1.165) is 5.56 Å². The summed E-state index contributed by atoms with van der Waals surface area (Å²) in [5, 5.41) is 25.1. The average molecular weight is 508 g/mol. The number of hydrogen-bond acceptors (Lipinski definition) is 7. The second-order valence-electron chi connectivity index (χ2n) is 9.38. The minimum absolute atomic E-state index is 0.0315. The number of anilines is 1. The predicted molar refractivity (Wildman–Crippen MR) is 132 cm³/mol. The van der Waals surface area contributed by atoms with Crippen LogP contribution in [0, 0.1) is 5.92 Å². The maximum atomic E-state index is 13.7. The smallest absolute Gasteiger partial charge is 0.303 e. The summed E-state index contributed by atoms with van der Waals surface area (Å²) in [6.07, 6.45) is 0.298. The Labute approximate surface area is 212 Å². The molecule has 0 saturated heterocycles. The topological polar surface area (TPSA) is 174 Å². The van der Waals surface area contributed by atoms with Crippen LogP contribution in [-0.4, -0.2) is 60.3 Å². The highest BCUT2D eigenvalue weighted by atomic mass is 16.4. The molecular formula is C25H29N7O5. The Morgan fingerprint density at radius 1 is 1.14 bits per heavy atom. The van der Waals surface area contributed by atoms with Crippen LogP contribution in [0.2, 0.25) is 0 Å². The van der Waals surface area contributed by atoms with Crippen molar-refractivity contribution in [2.75, 3.05) is 4.90 Å². The summed E-state index contributed by atoms with van der Waals surface area (Å²) >= 11 is 0. The number of Topliss-reactive ketones (excluding diaryl/α,β-unsaturated/α-hetero) is 1. The van der Waals surface area contributed by atoms with Crippen molar-refractivity contribution in [3.63, 3.8) is 0 Å². The number of carbonyl (C=O) groups excluding carboxylic acids is 3. The minimum atomic E-state index is -1.01. The number of rotatable bonds is 11. The summed E-state index contributed by atoms with van der Waals surface area (Å²) in [6.45, 7) is 4.01. The van der Waals surface area contributed by atoms with Crippen molar-refractivity contribution in [3.05, 3.63) is 59.2 Å². The van der Waals surface area contributed by atoms with Crippen molar-refractivity contribution in [1.82, 2.24) is 30.9 Å². The van der Waals surface area contributed by atoms with E-state index in [-0.39, 0.29) is 55.2 Å². The van der Waals surface area contributed by atoms with Crippen LogP contribution in [-0.2, 0) is 27.3 Å². The number of aromatic amines is 2. The van der Waals surface area contributed by atoms with Gasteiger partial charge in [0.1, 0.15) is 17.5 Å². The van der Waals surface area contributed by atoms with Gasteiger partial charge in [-0.1, -0.05) is 37.3 Å². The number of H-pyrrole nitrogens is 2. The summed E-state index contributed by atoms with van der Waals surface area (Å²) < 4.78 is 0. The number of tetrazole rings is 1. The van der Waals surface area contributed by atoms with E-state index in [1.807, 2.05) is 38.1 Å². The Kier molecular flexibility index (Phi) is 7.75. The Morgan fingerprint density at radius 3 is 2.62 bits per heavy atom. The van der Waals surface area contributed by atoms with Gasteiger partial charge in [-0.15, -0.1) is 10.2 Å². The number of carboxylic acids is 1. The first-order chi connectivity index (χ1) is 17.7. The molecule has 0 aliphatic carbocycles. The van der Waals surface area contributed by atoms with Crippen molar-refractivity contribution in [1.29, 1.82) is 0 Å². The van der Waals surface area contributed by atoms with Gasteiger partial charge in [0.25, 0.3) is 5.91 Å². The van der Waals surface area contributed by atoms with E-state index in [1.54, 1.807) is 12.1 Å². The van der Waals surface area contributed by atoms with Crippen molar-refractivity contribution in [2.45, 2.75) is 58.0 Å². The molecule has 37 heavy (non-hydrogen) atoms. The maximum absolute atomic E-state index is 13.7. The largest absolute Gasteiger partial charge is 0.481 e. The van der Waals surface area contributed by atoms with Crippen LogP contribution >= 0.6 is 0 Å². The zero-order chi connectivity index (χ0) is 26.5. The number of aromatic nitrogens is 5. The van der Waals surface area contributed by atoms with Crippen LogP contribution in [0.5, 0.6) is 0 Å². The second-order valence-corrected chi connectivity index (χ2v) is 9.38. The number of para-hydroxylation sites is 1. The SMILES string of the molecule is CC(C)[C@H](CC(=O)CCC(=O)O)c1ccc(C(=O)N2c3ccccc3C[C@H]2C(=O)NCc2nn[nH]n2)[nH]1. The van der Waals surface area contributed by atoms with Gasteiger partial charge in [0.05, 0.1) is 13.0 Å². The van der Waals surface area contributed by atoms with Gasteiger partial charge < -0.3 is 15.4 Å². The van der Waals surface area contributed by atoms with Crippen molar-refractivity contribution >= 4 is 29.3 Å². The third kappa shape index (κ3) is 5.90. The number of benzene rings is 1. The molecule has 3 aromatic rings. The zero-order valence-corrected chi connectivity index (χ0v) is 20.6. The van der Waals surface area contributed by atoms with Gasteiger partial charge in [-0.05, 0) is 29.7 Å². The molecule has 2 aromatic heterocycles. The molecule has 2 amide bonds. The monoisotopic (exact) mass is 507 g/mol. The molecule has 4 rings (SSSR count). The van der Waals surface area contributed by atoms with Gasteiger partial charge in [0, 0.05) is 36.6 Å². The molecular weight excluding hydrogens is 478 g/mol. The van der Waals surface area contributed by atoms with Gasteiger partial charge in [0.2, 0.25) is 5.91 Å². The van der Waals surface area contributed by atoms with Crippen LogP contribution in [0.4, 0.5) is 5.69 Å². The number of nitrogens with zero attached hydrogens (tertiary/aromatic N) is 4. The van der Waals surface area contributed by atoms with Gasteiger partial charge in [0.15, 0.2) is 5.82 Å². The number of ketones is 1. The summed E-state index contributed by atoms with van der Waals surface area (Å²) in [7, 11) is 0. The van der Waals surface area contributed by atoms with Crippen molar-refractivity contribution in [2.24, 2.45) is 5.92 Å². The fraction of sp³-hybridized carbons (Fsp3) is 0.400. The van der Waals surface area contributed by atoms with E-state index in [9.17, 15) is 19.2 Å². The molecule has 12 nitrogen and oxygen atoms in total. The van der Waals surface area contributed by atoms with E-state index in [1.165, 1.54) is 4.90 Å². The minimum Gasteiger partial charge on any atom is -0.481 e. The molecule has 194 valence electrons. The molecule has 1 aliphatic rings. The predicted octanol–water partition coefficient (Wildman–Crippen LogP) is 1.98. The lowest BCUT2D eigenvalue weighted by Crippen LogP contribution is -2.48. The summed E-state index contributed by atoms with van der Waals surface area (Å²) in [4.78, 5) is 54.7. The second kappa shape index (κ2) is 11.1. The maximum Gasteiger partial charge on any atom is 0.303 e. The van der Waals surface area contributed by atoms with E-state index >= 15 is 0 Å². The van der Waals surface area contributed by atoms with Crippen LogP contribution in [0.25, 0.3) is 0 Å². The van der Waals surface area contributed by atoms with E-state index < -0.39 is 12.0 Å². The normalized spacial score (nSPS) is 15.4. The average Bonchev–Trinajstić information content (AvgIpc) is 3.63. The fourth-order valence-electron chi connectivity index (χ4n) is 4.57. The zero-order valence-electron chi connectivity index (χ0n) is 20.6. The number of nitrogens with one attached hydrogen (secondary N) is 3. The highest BCUT2D eigenvalue weighted by Gasteiger charge is 2.39. The quantitative estimate of drug-likeness (QED) is 0.305. The molecule has 4 N–H and O–H groups in total. The molecule has 0 bridgehead atoms. The Bertz CT molecular complexity index is 1280. The summed E-state index contributed by atoms with van der Waals surface area (Å²) in [6, 6.07) is 10.0. The van der Waals surface area contributed by atoms with E-state index in [4.69, 9.17) is 5.11 Å². The Balaban J connectivity index is 1.53. The molecule has 1 aliphatic heterocycles. The number of carboxylic acid groups (broad SMARTS) is 1. The van der Waals surface area contributed by atoms with Gasteiger partial charge in [-0.3, -0.25) is 24.1 Å². The van der Waals surface area contributed by atoms with Gasteiger partial charge in [-0.2, -0.15) is 5.21 Å². The molecule has 12 heteroatoms. The summed E-state index contributed by atoms with van der Waals surface area (Å²) in [5.74, 6) is -1.66. The van der Waals surface area contributed by atoms with Crippen molar-refractivity contribution < 1.29 is 24.3 Å². The lowest BCUT2D eigenvalue weighted by atomic mass is 9.87. The lowest BCUT2D eigenvalue weighted by molar-refractivity contribution is -0.138. The first-order valence-corrected chi connectivity index (χ1v) is 12.1. The number of amides is 2. The molecule has 0 fully saturated rings. The molecule has 2 atom stereocenters. The van der Waals surface area contributed by atoms with Crippen LogP contribution in [0.1, 0.15) is 66.6 Å². The van der Waals surface area contributed by atoms with Crippen LogP contribution < -0.4 is 10.2 Å². The fourth-order valence-corrected chi connectivity index (χ4v) is 4.57. The van der Waals surface area contributed by atoms with Gasteiger partial charge >= 0.3 is 5.97 Å². The third-order valence-electron chi connectivity index (χ3n) is 6.52. The Hall–Kier alpha value is -4.35.